The highest BCUT2D eigenvalue weighted by atomic mass is 35.5. The predicted octanol–water partition coefficient (Wildman–Crippen LogP) is 3.11. The summed E-state index contributed by atoms with van der Waals surface area (Å²) in [6.45, 7) is 2.05. The first-order chi connectivity index (χ1) is 5.35. The van der Waals surface area contributed by atoms with Crippen molar-refractivity contribution in [2.24, 2.45) is 5.18 Å². The predicted molar refractivity (Wildman–Crippen MR) is 49.0 cm³/mol. The van der Waals surface area contributed by atoms with E-state index in [1.54, 1.807) is 0 Å². The van der Waals surface area contributed by atoms with Gasteiger partial charge in [-0.25, -0.2) is 0 Å². The van der Waals surface area contributed by atoms with Crippen LogP contribution in [0.2, 0.25) is 0 Å². The van der Waals surface area contributed by atoms with Crippen LogP contribution in [0.1, 0.15) is 26.2 Å². The lowest BCUT2D eigenvalue weighted by Gasteiger charge is -2.01. The van der Waals surface area contributed by atoms with Crippen LogP contribution in [-0.2, 0) is 0 Å². The number of halogens is 1. The molecule has 0 amide bonds. The van der Waals surface area contributed by atoms with Crippen LogP contribution >= 0.6 is 11.6 Å². The summed E-state index contributed by atoms with van der Waals surface area (Å²) in [5.41, 5.74) is 0. The molecule has 0 saturated heterocycles. The molecule has 0 aliphatic rings. The minimum absolute atomic E-state index is 0.0560. The normalized spacial score (nSPS) is 13.6. The summed E-state index contributed by atoms with van der Waals surface area (Å²) in [6, 6.07) is -0.0560. The maximum Gasteiger partial charge on any atom is 0.0953 e. The van der Waals surface area contributed by atoms with E-state index >= 15 is 0 Å². The zero-order valence-corrected chi connectivity index (χ0v) is 7.55. The molecule has 64 valence electrons. The van der Waals surface area contributed by atoms with E-state index in [9.17, 15) is 4.91 Å². The Morgan fingerprint density at radius 2 is 2.27 bits per heavy atom. The molecular weight excluding hydrogens is 162 g/mol. The molecule has 0 saturated carbocycles. The van der Waals surface area contributed by atoms with Crippen molar-refractivity contribution in [3.63, 3.8) is 0 Å². The highest BCUT2D eigenvalue weighted by molar-refractivity contribution is 6.18. The van der Waals surface area contributed by atoms with Crippen molar-refractivity contribution in [2.45, 2.75) is 32.2 Å². The van der Waals surface area contributed by atoms with E-state index in [1.165, 1.54) is 0 Å². The Hall–Kier alpha value is -0.370. The van der Waals surface area contributed by atoms with Crippen molar-refractivity contribution in [2.75, 3.05) is 5.88 Å². The van der Waals surface area contributed by atoms with Crippen LogP contribution in [0.25, 0.3) is 0 Å². The summed E-state index contributed by atoms with van der Waals surface area (Å²) in [5.74, 6) is 0.512. The zero-order chi connectivity index (χ0) is 8.53. The van der Waals surface area contributed by atoms with Crippen molar-refractivity contribution in [3.8, 4) is 0 Å². The highest BCUT2D eigenvalue weighted by Crippen LogP contribution is 2.06. The van der Waals surface area contributed by atoms with Gasteiger partial charge >= 0.3 is 0 Å². The summed E-state index contributed by atoms with van der Waals surface area (Å²) in [6.07, 6.45) is 6.36. The maximum atomic E-state index is 10.2. The zero-order valence-electron chi connectivity index (χ0n) is 6.79. The molecule has 0 aliphatic carbocycles. The number of hydrogen-bond donors (Lipinski definition) is 0. The van der Waals surface area contributed by atoms with Gasteiger partial charge in [-0.15, -0.1) is 11.6 Å². The van der Waals surface area contributed by atoms with E-state index in [0.717, 1.165) is 19.3 Å². The van der Waals surface area contributed by atoms with Gasteiger partial charge in [-0.1, -0.05) is 30.7 Å². The lowest BCUT2D eigenvalue weighted by atomic mass is 10.1. The van der Waals surface area contributed by atoms with E-state index in [4.69, 9.17) is 11.6 Å². The molecule has 0 aromatic heterocycles. The molecule has 0 aromatic rings. The Kier molecular flexibility index (Phi) is 7.47. The number of allylic oxidation sites excluding steroid dienone is 1. The van der Waals surface area contributed by atoms with Crippen LogP contribution < -0.4 is 0 Å². The topological polar surface area (TPSA) is 29.4 Å². The molecule has 0 aliphatic heterocycles. The number of alkyl halides is 1. The van der Waals surface area contributed by atoms with Gasteiger partial charge in [-0.05, 0) is 12.8 Å². The fourth-order valence-corrected chi connectivity index (χ4v) is 0.989. The Balaban J connectivity index is 3.51. The average Bonchev–Trinajstić information content (AvgIpc) is 2.03. The molecule has 0 spiro atoms. The summed E-state index contributed by atoms with van der Waals surface area (Å²) in [7, 11) is 0. The minimum Gasteiger partial charge on any atom is -0.151 e. The van der Waals surface area contributed by atoms with Gasteiger partial charge in [0.15, 0.2) is 0 Å². The highest BCUT2D eigenvalue weighted by Gasteiger charge is 2.03. The van der Waals surface area contributed by atoms with Crippen molar-refractivity contribution >= 4 is 11.6 Å². The summed E-state index contributed by atoms with van der Waals surface area (Å²) < 4.78 is 0. The van der Waals surface area contributed by atoms with Gasteiger partial charge in [0.2, 0.25) is 0 Å². The van der Waals surface area contributed by atoms with Gasteiger partial charge in [0, 0.05) is 5.88 Å². The van der Waals surface area contributed by atoms with Crippen molar-refractivity contribution in [3.05, 3.63) is 17.1 Å². The van der Waals surface area contributed by atoms with E-state index < -0.39 is 0 Å². The van der Waals surface area contributed by atoms with Gasteiger partial charge in [0.25, 0.3) is 0 Å². The van der Waals surface area contributed by atoms with Gasteiger partial charge in [-0.3, -0.25) is 0 Å². The van der Waals surface area contributed by atoms with E-state index in [0.29, 0.717) is 5.88 Å². The molecule has 1 unspecified atom stereocenters. The minimum atomic E-state index is -0.0560. The van der Waals surface area contributed by atoms with Crippen LogP contribution in [-0.4, -0.2) is 11.9 Å². The van der Waals surface area contributed by atoms with Crippen LogP contribution in [0.5, 0.6) is 0 Å². The molecule has 1 atom stereocenters. The van der Waals surface area contributed by atoms with Crippen molar-refractivity contribution < 1.29 is 0 Å². The Morgan fingerprint density at radius 3 is 2.73 bits per heavy atom. The lowest BCUT2D eigenvalue weighted by Crippen LogP contribution is -2.00. The summed E-state index contributed by atoms with van der Waals surface area (Å²) in [5, 5.41) is 3.01. The quantitative estimate of drug-likeness (QED) is 0.347. The Bertz CT molecular complexity index is 125. The first kappa shape index (κ1) is 10.6. The lowest BCUT2D eigenvalue weighted by molar-refractivity contribution is 0.608. The van der Waals surface area contributed by atoms with Gasteiger partial charge in [-0.2, -0.15) is 4.91 Å². The SMILES string of the molecule is CCCC(CC=CCCl)N=O. The van der Waals surface area contributed by atoms with Crippen LogP contribution in [0.4, 0.5) is 0 Å². The van der Waals surface area contributed by atoms with Gasteiger partial charge in [0.1, 0.15) is 0 Å². The standard InChI is InChI=1S/C8H14ClNO/c1-2-5-8(10-11)6-3-4-7-9/h3-4,8H,2,5-7H2,1H3. The van der Waals surface area contributed by atoms with E-state index in [1.807, 2.05) is 19.1 Å². The van der Waals surface area contributed by atoms with Gasteiger partial charge in [0.05, 0.1) is 6.04 Å². The fraction of sp³-hybridized carbons (Fsp3) is 0.750. The second kappa shape index (κ2) is 7.73. The molecule has 0 N–H and O–H groups in total. The first-order valence-electron chi connectivity index (χ1n) is 3.88. The second-order valence-electron chi connectivity index (χ2n) is 2.41. The Morgan fingerprint density at radius 1 is 1.55 bits per heavy atom. The largest absolute Gasteiger partial charge is 0.151 e. The van der Waals surface area contributed by atoms with E-state index in [2.05, 4.69) is 5.18 Å². The molecule has 0 fully saturated rings. The average molecular weight is 176 g/mol. The van der Waals surface area contributed by atoms with Crippen molar-refractivity contribution in [1.82, 2.24) is 0 Å². The molecular formula is C8H14ClNO. The van der Waals surface area contributed by atoms with Gasteiger partial charge < -0.3 is 0 Å². The third-order valence-corrected chi connectivity index (χ3v) is 1.61. The maximum absolute atomic E-state index is 10.2. The number of rotatable bonds is 6. The first-order valence-corrected chi connectivity index (χ1v) is 4.42. The number of nitroso groups, excluding NO2 is 1. The third kappa shape index (κ3) is 6.05. The van der Waals surface area contributed by atoms with Crippen molar-refractivity contribution in [1.29, 1.82) is 0 Å². The van der Waals surface area contributed by atoms with E-state index in [-0.39, 0.29) is 6.04 Å². The molecule has 0 bridgehead atoms. The Labute approximate surface area is 72.6 Å². The van der Waals surface area contributed by atoms with Crippen LogP contribution in [0, 0.1) is 4.91 Å². The molecule has 0 radical (unpaired) electrons. The molecule has 0 heterocycles. The van der Waals surface area contributed by atoms with Crippen LogP contribution in [0.3, 0.4) is 0 Å². The van der Waals surface area contributed by atoms with Crippen LogP contribution in [0.15, 0.2) is 17.3 Å². The molecule has 0 aromatic carbocycles. The molecule has 2 nitrogen and oxygen atoms in total. The third-order valence-electron chi connectivity index (χ3n) is 1.43. The molecule has 11 heavy (non-hydrogen) atoms. The molecule has 3 heteroatoms. The second-order valence-corrected chi connectivity index (χ2v) is 2.72. The summed E-state index contributed by atoms with van der Waals surface area (Å²) >= 11 is 5.41. The monoisotopic (exact) mass is 175 g/mol. The summed E-state index contributed by atoms with van der Waals surface area (Å²) in [4.78, 5) is 10.2. The fourth-order valence-electron chi connectivity index (χ4n) is 0.863. The molecule has 0 rings (SSSR count). The number of hydrogen-bond acceptors (Lipinski definition) is 2. The smallest absolute Gasteiger partial charge is 0.0953 e. The number of nitrogens with zero attached hydrogens (tertiary/aromatic N) is 1.